The number of carbonyl (C=O) groups is 3. The van der Waals surface area contributed by atoms with Crippen LogP contribution in [0.3, 0.4) is 0 Å². The van der Waals surface area contributed by atoms with Crippen LogP contribution in [0.5, 0.6) is 5.75 Å². The van der Waals surface area contributed by atoms with Crippen molar-refractivity contribution in [1.82, 2.24) is 14.8 Å². The summed E-state index contributed by atoms with van der Waals surface area (Å²) in [6.07, 6.45) is 11.4. The Labute approximate surface area is 219 Å². The number of methoxy groups -OCH3 is 1. The van der Waals surface area contributed by atoms with Crippen molar-refractivity contribution in [3.05, 3.63) is 41.7 Å². The Hall–Kier alpha value is -3.29. The van der Waals surface area contributed by atoms with Crippen LogP contribution in [0.15, 0.2) is 36.2 Å². The summed E-state index contributed by atoms with van der Waals surface area (Å²) in [6.45, 7) is 3.09. The normalized spacial score (nSPS) is 17.2. The zero-order valence-electron chi connectivity index (χ0n) is 22.1. The molecule has 1 aromatic carbocycles. The zero-order chi connectivity index (χ0) is 26.2. The maximum Gasteiger partial charge on any atom is 0.325 e. The van der Waals surface area contributed by atoms with Crippen LogP contribution in [0.1, 0.15) is 63.9 Å². The first kappa shape index (κ1) is 26.8. The van der Waals surface area contributed by atoms with E-state index >= 15 is 0 Å². The van der Waals surface area contributed by atoms with Gasteiger partial charge in [0.15, 0.2) is 0 Å². The lowest BCUT2D eigenvalue weighted by atomic mass is 9.85. The highest BCUT2D eigenvalue weighted by Crippen LogP contribution is 2.35. The second kappa shape index (κ2) is 12.8. The number of esters is 1. The van der Waals surface area contributed by atoms with Gasteiger partial charge in [-0.05, 0) is 81.5 Å². The summed E-state index contributed by atoms with van der Waals surface area (Å²) < 4.78 is 10.5. The Morgan fingerprint density at radius 2 is 2.00 bits per heavy atom. The lowest BCUT2D eigenvalue weighted by molar-refractivity contribution is -0.149. The number of rotatable bonds is 11. The lowest BCUT2D eigenvalue weighted by Crippen LogP contribution is -2.39. The molecule has 37 heavy (non-hydrogen) atoms. The number of hydrogen-bond acceptors (Lipinski definition) is 5. The Balaban J connectivity index is 1.35. The number of aromatic amines is 1. The number of ether oxygens (including phenoxy) is 2. The van der Waals surface area contributed by atoms with Crippen molar-refractivity contribution in [2.24, 2.45) is 5.92 Å². The second-order valence-corrected chi connectivity index (χ2v) is 9.89. The highest BCUT2D eigenvalue weighted by molar-refractivity contribution is 5.85. The first-order chi connectivity index (χ1) is 18.0. The molecule has 0 bridgehead atoms. The number of H-pyrrole nitrogens is 1. The van der Waals surface area contributed by atoms with Crippen LogP contribution in [-0.4, -0.2) is 65.9 Å². The van der Waals surface area contributed by atoms with Gasteiger partial charge in [0.1, 0.15) is 12.3 Å². The van der Waals surface area contributed by atoms with Gasteiger partial charge in [-0.2, -0.15) is 0 Å². The average Bonchev–Trinajstić information content (AvgIpc) is 3.32. The Morgan fingerprint density at radius 1 is 1.16 bits per heavy atom. The molecule has 1 N–H and O–H groups in total. The molecule has 1 aromatic heterocycles. The number of likely N-dealkylation sites (tertiary alicyclic amines) is 1. The summed E-state index contributed by atoms with van der Waals surface area (Å²) in [6, 6.07) is 5.83. The molecule has 4 rings (SSSR count). The van der Waals surface area contributed by atoms with Crippen molar-refractivity contribution >= 4 is 28.7 Å². The first-order valence-electron chi connectivity index (χ1n) is 13.6. The summed E-state index contributed by atoms with van der Waals surface area (Å²) in [5, 5.41) is 1.03. The van der Waals surface area contributed by atoms with E-state index in [0.717, 1.165) is 41.6 Å². The predicted octanol–water partition coefficient (Wildman–Crippen LogP) is 4.59. The average molecular weight is 510 g/mol. The number of allylic oxidation sites excluding steroid dienone is 2. The van der Waals surface area contributed by atoms with Gasteiger partial charge in [0.2, 0.25) is 11.8 Å². The summed E-state index contributed by atoms with van der Waals surface area (Å²) in [4.78, 5) is 45.1. The van der Waals surface area contributed by atoms with Crippen LogP contribution in [0.4, 0.5) is 0 Å². The molecule has 1 unspecified atom stereocenters. The molecule has 2 aromatic rings. The summed E-state index contributed by atoms with van der Waals surface area (Å²) in [7, 11) is 1.63. The standard InChI is InChI=1S/C29H39N3O5/c1-3-37-29(35)20-31(17-15-22-19-30-25-14-13-23(36-2)18-24(22)25)27(33)11-6-12-28(34)32-16-7-9-21-8-4-5-10-26(21)32/h10,13-14,18-19,21,30H,3-9,11-12,15-17,20H2,1-2H3. The van der Waals surface area contributed by atoms with Gasteiger partial charge >= 0.3 is 5.97 Å². The van der Waals surface area contributed by atoms with Crippen molar-refractivity contribution in [3.8, 4) is 5.75 Å². The number of benzene rings is 1. The number of nitrogens with one attached hydrogen (secondary N) is 1. The van der Waals surface area contributed by atoms with Gasteiger partial charge in [0.05, 0.1) is 13.7 Å². The maximum atomic E-state index is 13.1. The quantitative estimate of drug-likeness (QED) is 0.448. The number of carbonyl (C=O) groups excluding carboxylic acids is 3. The van der Waals surface area contributed by atoms with Gasteiger partial charge in [-0.3, -0.25) is 14.4 Å². The number of nitrogens with zero attached hydrogens (tertiary/aromatic N) is 2. The van der Waals surface area contributed by atoms with Gasteiger partial charge < -0.3 is 24.3 Å². The third kappa shape index (κ3) is 6.73. The number of piperidine rings is 1. The summed E-state index contributed by atoms with van der Waals surface area (Å²) in [5.41, 5.74) is 3.24. The van der Waals surface area contributed by atoms with Gasteiger partial charge in [-0.1, -0.05) is 6.08 Å². The first-order valence-corrected chi connectivity index (χ1v) is 13.6. The number of aromatic nitrogens is 1. The van der Waals surface area contributed by atoms with Crippen LogP contribution in [0.2, 0.25) is 0 Å². The van der Waals surface area contributed by atoms with Crippen LogP contribution in [0.25, 0.3) is 10.9 Å². The zero-order valence-corrected chi connectivity index (χ0v) is 22.1. The maximum absolute atomic E-state index is 13.1. The van der Waals surface area contributed by atoms with Crippen LogP contribution < -0.4 is 4.74 Å². The lowest BCUT2D eigenvalue weighted by Gasteiger charge is -2.38. The molecule has 0 saturated carbocycles. The molecule has 1 aliphatic heterocycles. The minimum absolute atomic E-state index is 0.0903. The summed E-state index contributed by atoms with van der Waals surface area (Å²) in [5.74, 6) is 0.831. The third-order valence-corrected chi connectivity index (χ3v) is 7.46. The fourth-order valence-corrected chi connectivity index (χ4v) is 5.53. The molecule has 1 saturated heterocycles. The third-order valence-electron chi connectivity index (χ3n) is 7.46. The molecule has 1 aliphatic carbocycles. The molecule has 8 nitrogen and oxygen atoms in total. The monoisotopic (exact) mass is 509 g/mol. The SMILES string of the molecule is CCOC(=O)CN(CCc1c[nH]c2ccc(OC)cc12)C(=O)CCCC(=O)N1CCCC2CCCC=C21. The van der Waals surface area contributed by atoms with E-state index in [1.54, 1.807) is 18.9 Å². The van der Waals surface area contributed by atoms with E-state index in [9.17, 15) is 14.4 Å². The molecule has 200 valence electrons. The van der Waals surface area contributed by atoms with Gasteiger partial charge in [-0.25, -0.2) is 0 Å². The van der Waals surface area contributed by atoms with Crippen molar-refractivity contribution in [2.75, 3.05) is 33.4 Å². The predicted molar refractivity (Wildman–Crippen MR) is 142 cm³/mol. The molecule has 1 atom stereocenters. The van der Waals surface area contributed by atoms with E-state index in [2.05, 4.69) is 11.1 Å². The molecule has 2 amide bonds. The molecule has 2 heterocycles. The number of hydrogen-bond donors (Lipinski definition) is 1. The second-order valence-electron chi connectivity index (χ2n) is 9.89. The molecule has 1 fully saturated rings. The summed E-state index contributed by atoms with van der Waals surface area (Å²) >= 11 is 0. The minimum atomic E-state index is -0.420. The van der Waals surface area contributed by atoms with Gasteiger partial charge in [-0.15, -0.1) is 0 Å². The molecule has 2 aliphatic rings. The fourth-order valence-electron chi connectivity index (χ4n) is 5.53. The van der Waals surface area contributed by atoms with Crippen LogP contribution in [0, 0.1) is 5.92 Å². The molecular weight excluding hydrogens is 470 g/mol. The van der Waals surface area contributed by atoms with Gasteiger partial charge in [0, 0.05) is 48.7 Å². The topological polar surface area (TPSA) is 91.9 Å². The van der Waals surface area contributed by atoms with Crippen molar-refractivity contribution < 1.29 is 23.9 Å². The Kier molecular flexibility index (Phi) is 9.25. The molecule has 0 spiro atoms. The highest BCUT2D eigenvalue weighted by Gasteiger charge is 2.30. The molecular formula is C29H39N3O5. The van der Waals surface area contributed by atoms with Crippen molar-refractivity contribution in [3.63, 3.8) is 0 Å². The fraction of sp³-hybridized carbons (Fsp3) is 0.552. The smallest absolute Gasteiger partial charge is 0.325 e. The minimum Gasteiger partial charge on any atom is -0.497 e. The van der Waals surface area contributed by atoms with Crippen LogP contribution >= 0.6 is 0 Å². The largest absolute Gasteiger partial charge is 0.497 e. The van der Waals surface area contributed by atoms with E-state index in [1.165, 1.54) is 25.0 Å². The van der Waals surface area contributed by atoms with E-state index in [0.29, 0.717) is 31.7 Å². The van der Waals surface area contributed by atoms with E-state index in [-0.39, 0.29) is 31.4 Å². The van der Waals surface area contributed by atoms with Crippen molar-refractivity contribution in [2.45, 2.75) is 64.7 Å². The van der Waals surface area contributed by atoms with Gasteiger partial charge in [0.25, 0.3) is 0 Å². The molecule has 0 radical (unpaired) electrons. The number of fused-ring (bicyclic) bond motifs is 2. The van der Waals surface area contributed by atoms with E-state index in [1.807, 2.05) is 29.3 Å². The highest BCUT2D eigenvalue weighted by atomic mass is 16.5. The van der Waals surface area contributed by atoms with E-state index < -0.39 is 5.97 Å². The molecule has 8 heteroatoms. The van der Waals surface area contributed by atoms with Crippen molar-refractivity contribution in [1.29, 1.82) is 0 Å². The van der Waals surface area contributed by atoms with E-state index in [4.69, 9.17) is 9.47 Å². The Morgan fingerprint density at radius 3 is 2.81 bits per heavy atom. The van der Waals surface area contributed by atoms with Crippen LogP contribution in [-0.2, 0) is 25.5 Å². The number of amides is 2. The Bertz CT molecular complexity index is 1140.